The minimum Gasteiger partial charge on any atom is -0.444 e. The van der Waals surface area contributed by atoms with Crippen LogP contribution in [0.1, 0.15) is 66.9 Å². The molecule has 0 radical (unpaired) electrons. The van der Waals surface area contributed by atoms with Gasteiger partial charge in [-0.2, -0.15) is 0 Å². The Hall–Kier alpha value is -3.56. The summed E-state index contributed by atoms with van der Waals surface area (Å²) in [6.45, 7) is 12.8. The number of hydrogen-bond donors (Lipinski definition) is 5. The van der Waals surface area contributed by atoms with Gasteiger partial charge in [-0.25, -0.2) is 4.79 Å². The number of nitrogens with one attached hydrogen (secondary N) is 4. The van der Waals surface area contributed by atoms with Gasteiger partial charge in [0.25, 0.3) is 0 Å². The quantitative estimate of drug-likeness (QED) is 0.286. The van der Waals surface area contributed by atoms with Gasteiger partial charge >= 0.3 is 6.09 Å². The predicted molar refractivity (Wildman–Crippen MR) is 147 cm³/mol. The second kappa shape index (κ2) is 13.3. The van der Waals surface area contributed by atoms with Crippen LogP contribution in [0.25, 0.3) is 10.9 Å². The van der Waals surface area contributed by atoms with Crippen LogP contribution in [0.2, 0.25) is 0 Å². The first-order chi connectivity index (χ1) is 17.7. The number of para-hydroxylation sites is 1. The zero-order valence-corrected chi connectivity index (χ0v) is 23.5. The Labute approximate surface area is 224 Å². The molecule has 0 saturated carbocycles. The van der Waals surface area contributed by atoms with Crippen LogP contribution in [0.5, 0.6) is 0 Å². The fourth-order valence-corrected chi connectivity index (χ4v) is 4.11. The lowest BCUT2D eigenvalue weighted by molar-refractivity contribution is -0.133. The van der Waals surface area contributed by atoms with E-state index < -0.39 is 47.5 Å². The van der Waals surface area contributed by atoms with E-state index in [9.17, 15) is 19.2 Å². The SMILES string of the molecule is CCC(C)C(NC(=O)C(Cc1c[nH]c2ccccc12)NC(=O)OC(C)(C)C)C(=O)NC(CC(C)C)C(N)=O. The molecule has 0 bridgehead atoms. The summed E-state index contributed by atoms with van der Waals surface area (Å²) in [5, 5.41) is 9.11. The van der Waals surface area contributed by atoms with Crippen molar-refractivity contribution in [2.45, 2.75) is 91.5 Å². The van der Waals surface area contributed by atoms with Gasteiger partial charge in [-0.05, 0) is 50.7 Å². The zero-order chi connectivity index (χ0) is 28.6. The molecular formula is C28H43N5O5. The molecule has 2 aromatic rings. The number of rotatable bonds is 12. The molecule has 1 heterocycles. The molecule has 0 aliphatic rings. The number of aromatic nitrogens is 1. The second-order valence-corrected chi connectivity index (χ2v) is 11.2. The summed E-state index contributed by atoms with van der Waals surface area (Å²) < 4.78 is 5.39. The van der Waals surface area contributed by atoms with E-state index in [0.717, 1.165) is 16.5 Å². The van der Waals surface area contributed by atoms with Gasteiger partial charge < -0.3 is 31.4 Å². The Morgan fingerprint density at radius 3 is 2.21 bits per heavy atom. The lowest BCUT2D eigenvalue weighted by atomic mass is 9.96. The van der Waals surface area contributed by atoms with E-state index in [0.29, 0.717) is 12.8 Å². The fraction of sp³-hybridized carbons (Fsp3) is 0.571. The first-order valence-corrected chi connectivity index (χ1v) is 13.2. The van der Waals surface area contributed by atoms with Gasteiger partial charge in [0.2, 0.25) is 17.7 Å². The molecule has 1 aromatic heterocycles. The van der Waals surface area contributed by atoms with Crippen molar-refractivity contribution in [1.29, 1.82) is 0 Å². The Morgan fingerprint density at radius 2 is 1.63 bits per heavy atom. The summed E-state index contributed by atoms with van der Waals surface area (Å²) in [5.74, 6) is -1.80. The van der Waals surface area contributed by atoms with Gasteiger partial charge in [-0.3, -0.25) is 14.4 Å². The molecule has 1 aromatic carbocycles. The van der Waals surface area contributed by atoms with Crippen LogP contribution in [0, 0.1) is 11.8 Å². The molecule has 210 valence electrons. The van der Waals surface area contributed by atoms with Crippen molar-refractivity contribution in [3.63, 3.8) is 0 Å². The van der Waals surface area contributed by atoms with Crippen LogP contribution in [-0.4, -0.2) is 52.5 Å². The van der Waals surface area contributed by atoms with Gasteiger partial charge in [0, 0.05) is 23.5 Å². The number of amides is 4. The summed E-state index contributed by atoms with van der Waals surface area (Å²) >= 11 is 0. The minimum atomic E-state index is -1.02. The summed E-state index contributed by atoms with van der Waals surface area (Å²) in [6.07, 6.45) is 2.19. The number of hydrogen-bond acceptors (Lipinski definition) is 5. The van der Waals surface area contributed by atoms with E-state index in [2.05, 4.69) is 20.9 Å². The number of fused-ring (bicyclic) bond motifs is 1. The number of H-pyrrole nitrogens is 1. The van der Waals surface area contributed by atoms with E-state index in [1.165, 1.54) is 0 Å². The van der Waals surface area contributed by atoms with Gasteiger partial charge in [-0.15, -0.1) is 0 Å². The number of alkyl carbamates (subject to hydrolysis) is 1. The van der Waals surface area contributed by atoms with Crippen LogP contribution >= 0.6 is 0 Å². The molecule has 2 rings (SSSR count). The second-order valence-electron chi connectivity index (χ2n) is 11.2. The van der Waals surface area contributed by atoms with Crippen LogP contribution in [0.4, 0.5) is 4.79 Å². The topological polar surface area (TPSA) is 155 Å². The van der Waals surface area contributed by atoms with Crippen LogP contribution in [0.3, 0.4) is 0 Å². The molecule has 0 aliphatic heterocycles. The van der Waals surface area contributed by atoms with Crippen molar-refractivity contribution in [2.75, 3.05) is 0 Å². The van der Waals surface area contributed by atoms with E-state index in [1.807, 2.05) is 52.0 Å². The molecule has 0 fully saturated rings. The van der Waals surface area contributed by atoms with Gasteiger partial charge in [0.1, 0.15) is 23.7 Å². The minimum absolute atomic E-state index is 0.128. The Balaban J connectivity index is 2.31. The van der Waals surface area contributed by atoms with Crippen molar-refractivity contribution in [1.82, 2.24) is 20.9 Å². The van der Waals surface area contributed by atoms with Crippen LogP contribution < -0.4 is 21.7 Å². The Bertz CT molecular complexity index is 1120. The maximum absolute atomic E-state index is 13.6. The van der Waals surface area contributed by atoms with Crippen molar-refractivity contribution in [2.24, 2.45) is 17.6 Å². The third kappa shape index (κ3) is 9.08. The number of ether oxygens (including phenoxy) is 1. The highest BCUT2D eigenvalue weighted by Gasteiger charge is 2.33. The van der Waals surface area contributed by atoms with Crippen molar-refractivity contribution in [3.05, 3.63) is 36.0 Å². The highest BCUT2D eigenvalue weighted by Crippen LogP contribution is 2.20. The van der Waals surface area contributed by atoms with Gasteiger partial charge in [0.15, 0.2) is 0 Å². The molecule has 0 saturated heterocycles. The number of carbonyl (C=O) groups is 4. The maximum atomic E-state index is 13.6. The summed E-state index contributed by atoms with van der Waals surface area (Å²) in [7, 11) is 0. The number of aromatic amines is 1. The molecule has 6 N–H and O–H groups in total. The van der Waals surface area contributed by atoms with E-state index in [1.54, 1.807) is 27.0 Å². The van der Waals surface area contributed by atoms with Crippen molar-refractivity contribution < 1.29 is 23.9 Å². The monoisotopic (exact) mass is 529 g/mol. The first-order valence-electron chi connectivity index (χ1n) is 13.2. The molecule has 0 aliphatic carbocycles. The normalized spacial score (nSPS) is 14.8. The van der Waals surface area contributed by atoms with Gasteiger partial charge in [-0.1, -0.05) is 52.3 Å². The maximum Gasteiger partial charge on any atom is 0.408 e. The number of nitrogens with two attached hydrogens (primary N) is 1. The molecule has 10 heteroatoms. The van der Waals surface area contributed by atoms with E-state index in [4.69, 9.17) is 10.5 Å². The summed E-state index contributed by atoms with van der Waals surface area (Å²) in [6, 6.07) is 4.83. The average Bonchev–Trinajstić information content (AvgIpc) is 3.22. The summed E-state index contributed by atoms with van der Waals surface area (Å²) in [5.41, 5.74) is 6.48. The zero-order valence-electron chi connectivity index (χ0n) is 23.5. The van der Waals surface area contributed by atoms with Crippen molar-refractivity contribution in [3.8, 4) is 0 Å². The van der Waals surface area contributed by atoms with E-state index in [-0.39, 0.29) is 18.3 Å². The highest BCUT2D eigenvalue weighted by molar-refractivity contribution is 5.94. The molecule has 4 amide bonds. The summed E-state index contributed by atoms with van der Waals surface area (Å²) in [4.78, 5) is 54.6. The van der Waals surface area contributed by atoms with Crippen LogP contribution in [-0.2, 0) is 25.5 Å². The smallest absolute Gasteiger partial charge is 0.408 e. The highest BCUT2D eigenvalue weighted by atomic mass is 16.6. The lowest BCUT2D eigenvalue weighted by Crippen LogP contribution is -2.58. The Kier molecular flexibility index (Phi) is 10.7. The van der Waals surface area contributed by atoms with Crippen molar-refractivity contribution >= 4 is 34.7 Å². The average molecular weight is 530 g/mol. The number of primary amides is 1. The number of benzene rings is 1. The van der Waals surface area contributed by atoms with E-state index >= 15 is 0 Å². The van der Waals surface area contributed by atoms with Crippen LogP contribution in [0.15, 0.2) is 30.5 Å². The standard InChI is InChI=1S/C28H43N5O5/c1-8-17(4)23(26(36)31-21(24(29)34)13-16(2)3)33-25(35)22(32-27(37)38-28(5,6)7)14-18-15-30-20-12-10-9-11-19(18)20/h9-12,15-17,21-23,30H,8,13-14H2,1-7H3,(H2,29,34)(H,31,36)(H,32,37)(H,33,35). The lowest BCUT2D eigenvalue weighted by Gasteiger charge is -2.28. The predicted octanol–water partition coefficient (Wildman–Crippen LogP) is 3.15. The van der Waals surface area contributed by atoms with Gasteiger partial charge in [0.05, 0.1) is 0 Å². The number of carbonyl (C=O) groups excluding carboxylic acids is 4. The molecule has 0 spiro atoms. The third-order valence-corrected chi connectivity index (χ3v) is 6.27. The fourth-order valence-electron chi connectivity index (χ4n) is 4.11. The Morgan fingerprint density at radius 1 is 0.974 bits per heavy atom. The molecule has 38 heavy (non-hydrogen) atoms. The molecular weight excluding hydrogens is 486 g/mol. The largest absolute Gasteiger partial charge is 0.444 e. The first kappa shape index (κ1) is 30.7. The molecule has 4 unspecified atom stereocenters. The molecule has 10 nitrogen and oxygen atoms in total. The third-order valence-electron chi connectivity index (χ3n) is 6.27. The molecule has 4 atom stereocenters.